The summed E-state index contributed by atoms with van der Waals surface area (Å²) < 4.78 is 37.5. The third-order valence-electron chi connectivity index (χ3n) is 3.10. The molecule has 0 radical (unpaired) electrons. The van der Waals surface area contributed by atoms with Gasteiger partial charge in [0, 0.05) is 16.7 Å². The maximum Gasteiger partial charge on any atom is 0.211 e. The summed E-state index contributed by atoms with van der Waals surface area (Å²) in [4.78, 5) is 14.3. The first kappa shape index (κ1) is 23.7. The normalized spacial score (nSPS) is 11.2. The lowest BCUT2D eigenvalue weighted by Crippen LogP contribution is -2.11. The Morgan fingerprint density at radius 1 is 1.32 bits per heavy atom. The molecule has 1 heterocycles. The monoisotopic (exact) mass is 426 g/mol. The molecule has 0 aliphatic heterocycles. The standard InChI is InChI=1S/C13H14FNS2.C7H7F2NO/c1-9(2)16-7-12-8-17-13(15-12)10-3-5-11(14)6-4-10;1-3-6(9)7(5(2)8)10-4-11/h3-6,8-9H,7H2,1-2H3;3-4H,1-2H2,(H,10,11)/b;7-6-. The zero-order chi connectivity index (χ0) is 21.1. The molecule has 2 aromatic rings. The van der Waals surface area contributed by atoms with Crippen molar-refractivity contribution in [3.63, 3.8) is 0 Å². The Morgan fingerprint density at radius 3 is 2.46 bits per heavy atom. The number of hydrogen-bond donors (Lipinski definition) is 1. The predicted molar refractivity (Wildman–Crippen MR) is 112 cm³/mol. The summed E-state index contributed by atoms with van der Waals surface area (Å²) in [6.45, 7) is 10.2. The summed E-state index contributed by atoms with van der Waals surface area (Å²) in [5.74, 6) is -1.27. The highest BCUT2D eigenvalue weighted by molar-refractivity contribution is 7.99. The zero-order valence-corrected chi connectivity index (χ0v) is 17.2. The first-order valence-electron chi connectivity index (χ1n) is 8.17. The van der Waals surface area contributed by atoms with E-state index in [9.17, 15) is 18.0 Å². The number of carbonyl (C=O) groups excluding carboxylic acids is 1. The van der Waals surface area contributed by atoms with Crippen LogP contribution < -0.4 is 5.32 Å². The van der Waals surface area contributed by atoms with E-state index in [1.807, 2.05) is 17.1 Å². The second kappa shape index (κ2) is 12.2. The van der Waals surface area contributed by atoms with Gasteiger partial charge in [0.1, 0.15) is 28.2 Å². The van der Waals surface area contributed by atoms with E-state index in [2.05, 4.69) is 37.4 Å². The van der Waals surface area contributed by atoms with Crippen molar-refractivity contribution in [3.8, 4) is 10.6 Å². The van der Waals surface area contributed by atoms with Crippen LogP contribution in [0.15, 0.2) is 66.2 Å². The van der Waals surface area contributed by atoms with Gasteiger partial charge in [0.15, 0.2) is 0 Å². The molecule has 0 bridgehead atoms. The molecular formula is C20H21F3N2OS2. The highest BCUT2D eigenvalue weighted by Crippen LogP contribution is 2.26. The van der Waals surface area contributed by atoms with Gasteiger partial charge in [-0.2, -0.15) is 11.8 Å². The topological polar surface area (TPSA) is 42.0 Å². The number of nitrogens with one attached hydrogen (secondary N) is 1. The second-order valence-corrected chi connectivity index (χ2v) is 8.03. The molecule has 0 unspecified atom stereocenters. The number of thioether (sulfide) groups is 1. The van der Waals surface area contributed by atoms with Crippen LogP contribution in [0.5, 0.6) is 0 Å². The first-order valence-corrected chi connectivity index (χ1v) is 10.1. The molecule has 2 rings (SSSR count). The summed E-state index contributed by atoms with van der Waals surface area (Å²) >= 11 is 3.49. The van der Waals surface area contributed by atoms with Crippen molar-refractivity contribution in [2.75, 3.05) is 0 Å². The summed E-state index contributed by atoms with van der Waals surface area (Å²) in [5, 5.41) is 5.47. The van der Waals surface area contributed by atoms with Crippen molar-refractivity contribution >= 4 is 29.5 Å². The average molecular weight is 427 g/mol. The quantitative estimate of drug-likeness (QED) is 0.405. The highest BCUT2D eigenvalue weighted by atomic mass is 32.2. The third-order valence-corrected chi connectivity index (χ3v) is 5.17. The molecule has 0 spiro atoms. The molecule has 28 heavy (non-hydrogen) atoms. The van der Waals surface area contributed by atoms with E-state index in [0.29, 0.717) is 5.25 Å². The SMILES string of the molecule is C=C/C(F)=C(/NC=O)C(=C)F.CC(C)SCc1csc(-c2ccc(F)cc2)n1. The van der Waals surface area contributed by atoms with E-state index >= 15 is 0 Å². The Hall–Kier alpha value is -2.32. The smallest absolute Gasteiger partial charge is 0.211 e. The molecule has 8 heteroatoms. The van der Waals surface area contributed by atoms with Crippen LogP contribution in [0.1, 0.15) is 19.5 Å². The minimum absolute atomic E-state index is 0.156. The predicted octanol–water partition coefficient (Wildman–Crippen LogP) is 6.17. The number of allylic oxidation sites excluding steroid dienone is 3. The fraction of sp³-hybridized carbons (Fsp3) is 0.200. The number of amides is 1. The number of carbonyl (C=O) groups is 1. The Morgan fingerprint density at radius 2 is 1.96 bits per heavy atom. The zero-order valence-electron chi connectivity index (χ0n) is 15.5. The number of halogens is 3. The van der Waals surface area contributed by atoms with E-state index in [-0.39, 0.29) is 12.2 Å². The van der Waals surface area contributed by atoms with E-state index < -0.39 is 17.4 Å². The molecule has 0 saturated heterocycles. The molecule has 1 aromatic carbocycles. The molecule has 0 aliphatic rings. The van der Waals surface area contributed by atoms with E-state index in [1.54, 1.807) is 23.5 Å². The van der Waals surface area contributed by atoms with Crippen molar-refractivity contribution in [3.05, 3.63) is 77.7 Å². The van der Waals surface area contributed by atoms with Gasteiger partial charge in [-0.3, -0.25) is 4.79 Å². The van der Waals surface area contributed by atoms with Crippen molar-refractivity contribution in [2.24, 2.45) is 0 Å². The minimum atomic E-state index is -1.05. The number of thiazole rings is 1. The van der Waals surface area contributed by atoms with Crippen molar-refractivity contribution in [1.82, 2.24) is 10.3 Å². The van der Waals surface area contributed by atoms with Gasteiger partial charge in [-0.1, -0.05) is 27.0 Å². The number of aromatic nitrogens is 1. The van der Waals surface area contributed by atoms with Crippen molar-refractivity contribution in [1.29, 1.82) is 0 Å². The van der Waals surface area contributed by atoms with Crippen LogP contribution in [-0.4, -0.2) is 16.6 Å². The average Bonchev–Trinajstić information content (AvgIpc) is 3.13. The maximum atomic E-state index is 12.8. The van der Waals surface area contributed by atoms with Crippen molar-refractivity contribution < 1.29 is 18.0 Å². The van der Waals surface area contributed by atoms with Gasteiger partial charge in [0.2, 0.25) is 6.41 Å². The Balaban J connectivity index is 0.000000311. The van der Waals surface area contributed by atoms with Crippen molar-refractivity contribution in [2.45, 2.75) is 24.9 Å². The maximum absolute atomic E-state index is 12.8. The summed E-state index contributed by atoms with van der Waals surface area (Å²) in [6.07, 6.45) is 0.930. The van der Waals surface area contributed by atoms with Gasteiger partial charge in [0.25, 0.3) is 0 Å². The van der Waals surface area contributed by atoms with Crippen LogP contribution in [0, 0.1) is 5.82 Å². The van der Waals surface area contributed by atoms with Crippen LogP contribution in [0.4, 0.5) is 13.2 Å². The number of hydrogen-bond acceptors (Lipinski definition) is 4. The molecule has 0 saturated carbocycles. The molecule has 0 atom stereocenters. The summed E-state index contributed by atoms with van der Waals surface area (Å²) in [5.41, 5.74) is 1.50. The lowest BCUT2D eigenvalue weighted by molar-refractivity contribution is -0.109. The van der Waals surface area contributed by atoms with Gasteiger partial charge in [0.05, 0.1) is 5.69 Å². The van der Waals surface area contributed by atoms with E-state index in [4.69, 9.17) is 0 Å². The second-order valence-electron chi connectivity index (χ2n) is 5.60. The Kier molecular flexibility index (Phi) is 10.3. The lowest BCUT2D eigenvalue weighted by atomic mass is 10.2. The number of rotatable bonds is 8. The molecule has 1 amide bonds. The molecule has 3 nitrogen and oxygen atoms in total. The fourth-order valence-electron chi connectivity index (χ4n) is 1.79. The van der Waals surface area contributed by atoms with Gasteiger partial charge in [-0.25, -0.2) is 18.2 Å². The minimum Gasteiger partial charge on any atom is -0.324 e. The lowest BCUT2D eigenvalue weighted by Gasteiger charge is -2.01. The van der Waals surface area contributed by atoms with Crippen LogP contribution in [0.3, 0.4) is 0 Å². The molecule has 0 aliphatic carbocycles. The summed E-state index contributed by atoms with van der Waals surface area (Å²) in [6, 6.07) is 6.49. The summed E-state index contributed by atoms with van der Waals surface area (Å²) in [7, 11) is 0. The van der Waals surface area contributed by atoms with E-state index in [1.165, 1.54) is 12.1 Å². The number of benzene rings is 1. The molecular weight excluding hydrogens is 405 g/mol. The van der Waals surface area contributed by atoms with Gasteiger partial charge in [-0.05, 0) is 35.6 Å². The van der Waals surface area contributed by atoms with Crippen LogP contribution >= 0.6 is 23.1 Å². The molecule has 1 aromatic heterocycles. The van der Waals surface area contributed by atoms with Crippen LogP contribution in [-0.2, 0) is 10.5 Å². The van der Waals surface area contributed by atoms with Gasteiger partial charge in [-0.15, -0.1) is 11.3 Å². The van der Waals surface area contributed by atoms with Crippen LogP contribution in [0.2, 0.25) is 0 Å². The molecule has 0 fully saturated rings. The van der Waals surface area contributed by atoms with Crippen LogP contribution in [0.25, 0.3) is 10.6 Å². The molecule has 1 N–H and O–H groups in total. The van der Waals surface area contributed by atoms with E-state index in [0.717, 1.165) is 28.1 Å². The Labute approximate surface area is 171 Å². The first-order chi connectivity index (χ1) is 13.3. The largest absolute Gasteiger partial charge is 0.324 e. The van der Waals surface area contributed by atoms with Gasteiger partial charge < -0.3 is 5.32 Å². The Bertz CT molecular complexity index is 830. The fourth-order valence-corrected chi connectivity index (χ4v) is 3.37. The third kappa shape index (κ3) is 8.14. The van der Waals surface area contributed by atoms with Gasteiger partial charge >= 0.3 is 0 Å². The number of nitrogens with zero attached hydrogens (tertiary/aromatic N) is 1. The highest BCUT2D eigenvalue weighted by Gasteiger charge is 2.06. The molecule has 150 valence electrons.